The van der Waals surface area contributed by atoms with Crippen molar-refractivity contribution in [3.8, 4) is 12.3 Å². The molecule has 1 fully saturated rings. The van der Waals surface area contributed by atoms with Gasteiger partial charge in [-0.3, -0.25) is 9.36 Å². The maximum atomic E-state index is 12.6. The number of oxazole rings is 1. The SMILES string of the molecule is C#CCNC(=O)CCn1c(=O)oc2cc(S(=O)(=O)N3CCCC3)ccc21. The summed E-state index contributed by atoms with van der Waals surface area (Å²) in [6.45, 7) is 1.23. The van der Waals surface area contributed by atoms with Crippen LogP contribution in [-0.2, 0) is 21.4 Å². The Labute approximate surface area is 150 Å². The van der Waals surface area contributed by atoms with Crippen molar-refractivity contribution in [1.29, 1.82) is 0 Å². The second kappa shape index (κ2) is 7.35. The molecule has 1 saturated heterocycles. The monoisotopic (exact) mass is 377 g/mol. The van der Waals surface area contributed by atoms with Gasteiger partial charge in [0.1, 0.15) is 0 Å². The number of benzene rings is 1. The molecule has 0 unspecified atom stereocenters. The van der Waals surface area contributed by atoms with Crippen molar-refractivity contribution in [3.05, 3.63) is 28.7 Å². The largest absolute Gasteiger partial charge is 0.419 e. The summed E-state index contributed by atoms with van der Waals surface area (Å²) in [5.41, 5.74) is 0.624. The molecule has 0 spiro atoms. The molecule has 1 aromatic carbocycles. The van der Waals surface area contributed by atoms with Crippen molar-refractivity contribution < 1.29 is 17.6 Å². The summed E-state index contributed by atoms with van der Waals surface area (Å²) in [5, 5.41) is 2.52. The van der Waals surface area contributed by atoms with Crippen LogP contribution < -0.4 is 11.1 Å². The number of carbonyl (C=O) groups is 1. The smallest absolute Gasteiger partial charge is 0.408 e. The highest BCUT2D eigenvalue weighted by Crippen LogP contribution is 2.24. The highest BCUT2D eigenvalue weighted by atomic mass is 32.2. The van der Waals surface area contributed by atoms with E-state index in [2.05, 4.69) is 11.2 Å². The van der Waals surface area contributed by atoms with E-state index in [1.165, 1.54) is 27.1 Å². The van der Waals surface area contributed by atoms with Gasteiger partial charge in [0, 0.05) is 32.1 Å². The number of carbonyl (C=O) groups excluding carboxylic acids is 1. The van der Waals surface area contributed by atoms with Gasteiger partial charge in [0.05, 0.1) is 17.0 Å². The molecule has 138 valence electrons. The number of nitrogens with one attached hydrogen (secondary N) is 1. The third-order valence-electron chi connectivity index (χ3n) is 4.29. The lowest BCUT2D eigenvalue weighted by Crippen LogP contribution is -2.27. The Kier molecular flexibility index (Phi) is 5.15. The van der Waals surface area contributed by atoms with Gasteiger partial charge < -0.3 is 9.73 Å². The van der Waals surface area contributed by atoms with E-state index in [1.54, 1.807) is 0 Å². The molecule has 1 aromatic heterocycles. The number of aromatic nitrogens is 1. The van der Waals surface area contributed by atoms with Gasteiger partial charge in [0.25, 0.3) is 0 Å². The van der Waals surface area contributed by atoms with Crippen molar-refractivity contribution in [3.63, 3.8) is 0 Å². The number of terminal acetylenes is 1. The Morgan fingerprint density at radius 1 is 1.31 bits per heavy atom. The summed E-state index contributed by atoms with van der Waals surface area (Å²) in [7, 11) is -3.59. The highest BCUT2D eigenvalue weighted by Gasteiger charge is 2.28. The number of aryl methyl sites for hydroxylation is 1. The third kappa shape index (κ3) is 3.52. The first-order chi connectivity index (χ1) is 12.4. The first-order valence-electron chi connectivity index (χ1n) is 8.27. The lowest BCUT2D eigenvalue weighted by Gasteiger charge is -2.15. The van der Waals surface area contributed by atoms with Crippen LogP contribution in [0, 0.1) is 12.3 Å². The zero-order chi connectivity index (χ0) is 18.7. The minimum atomic E-state index is -3.59. The maximum Gasteiger partial charge on any atom is 0.419 e. The predicted octanol–water partition coefficient (Wildman–Crippen LogP) is 0.518. The normalized spacial score (nSPS) is 15.2. The van der Waals surface area contributed by atoms with E-state index in [9.17, 15) is 18.0 Å². The maximum absolute atomic E-state index is 12.6. The number of nitrogens with zero attached hydrogens (tertiary/aromatic N) is 2. The number of sulfonamides is 1. The van der Waals surface area contributed by atoms with Gasteiger partial charge in [-0.15, -0.1) is 6.42 Å². The first-order valence-corrected chi connectivity index (χ1v) is 9.71. The summed E-state index contributed by atoms with van der Waals surface area (Å²) < 4.78 is 33.1. The number of amides is 1. The number of rotatable bonds is 6. The van der Waals surface area contributed by atoms with E-state index in [-0.39, 0.29) is 35.9 Å². The number of hydrogen-bond acceptors (Lipinski definition) is 5. The molecule has 2 heterocycles. The molecule has 1 amide bonds. The molecule has 0 aliphatic carbocycles. The molecule has 9 heteroatoms. The number of fused-ring (bicyclic) bond motifs is 1. The lowest BCUT2D eigenvalue weighted by atomic mass is 10.3. The summed E-state index contributed by atoms with van der Waals surface area (Å²) in [5.74, 6) is 1.38. The minimum absolute atomic E-state index is 0.0596. The molecule has 0 radical (unpaired) electrons. The molecular formula is C17H19N3O5S. The third-order valence-corrected chi connectivity index (χ3v) is 6.19. The Balaban J connectivity index is 1.85. The highest BCUT2D eigenvalue weighted by molar-refractivity contribution is 7.89. The molecule has 0 bridgehead atoms. The predicted molar refractivity (Wildman–Crippen MR) is 94.9 cm³/mol. The van der Waals surface area contributed by atoms with E-state index in [4.69, 9.17) is 10.8 Å². The van der Waals surface area contributed by atoms with Gasteiger partial charge in [-0.25, -0.2) is 13.2 Å². The van der Waals surface area contributed by atoms with Crippen LogP contribution in [-0.4, -0.2) is 42.8 Å². The van der Waals surface area contributed by atoms with Gasteiger partial charge in [-0.2, -0.15) is 4.31 Å². The molecule has 1 N–H and O–H groups in total. The fraction of sp³-hybridized carbons (Fsp3) is 0.412. The molecular weight excluding hydrogens is 358 g/mol. The lowest BCUT2D eigenvalue weighted by molar-refractivity contribution is -0.121. The quantitative estimate of drug-likeness (QED) is 0.740. The topological polar surface area (TPSA) is 102 Å². The summed E-state index contributed by atoms with van der Waals surface area (Å²) in [6.07, 6.45) is 6.82. The molecule has 0 saturated carbocycles. The molecule has 8 nitrogen and oxygen atoms in total. The van der Waals surface area contributed by atoms with Gasteiger partial charge in [-0.05, 0) is 25.0 Å². The second-order valence-electron chi connectivity index (χ2n) is 5.99. The first kappa shape index (κ1) is 18.2. The Morgan fingerprint density at radius 2 is 2.04 bits per heavy atom. The van der Waals surface area contributed by atoms with Crippen LogP contribution in [0.25, 0.3) is 11.1 Å². The average molecular weight is 377 g/mol. The fourth-order valence-electron chi connectivity index (χ4n) is 2.95. The van der Waals surface area contributed by atoms with E-state index in [0.29, 0.717) is 18.6 Å². The van der Waals surface area contributed by atoms with Crippen molar-refractivity contribution in [2.45, 2.75) is 30.7 Å². The van der Waals surface area contributed by atoms with E-state index < -0.39 is 15.8 Å². The van der Waals surface area contributed by atoms with Crippen LogP contribution in [0.15, 0.2) is 32.3 Å². The average Bonchev–Trinajstić information content (AvgIpc) is 3.25. The van der Waals surface area contributed by atoms with Crippen molar-refractivity contribution in [2.24, 2.45) is 0 Å². The molecule has 1 aliphatic rings. The molecule has 2 aromatic rings. The summed E-state index contributed by atoms with van der Waals surface area (Å²) >= 11 is 0. The minimum Gasteiger partial charge on any atom is -0.408 e. The summed E-state index contributed by atoms with van der Waals surface area (Å²) in [4.78, 5) is 23.8. The second-order valence-corrected chi connectivity index (χ2v) is 7.93. The summed E-state index contributed by atoms with van der Waals surface area (Å²) in [6, 6.07) is 4.35. The number of hydrogen-bond donors (Lipinski definition) is 1. The zero-order valence-corrected chi connectivity index (χ0v) is 14.9. The Morgan fingerprint density at radius 3 is 2.73 bits per heavy atom. The van der Waals surface area contributed by atoms with Crippen LogP contribution in [0.2, 0.25) is 0 Å². The Hall–Kier alpha value is -2.57. The zero-order valence-electron chi connectivity index (χ0n) is 14.1. The molecule has 26 heavy (non-hydrogen) atoms. The van der Waals surface area contributed by atoms with Crippen LogP contribution in [0.4, 0.5) is 0 Å². The van der Waals surface area contributed by atoms with E-state index in [0.717, 1.165) is 12.8 Å². The van der Waals surface area contributed by atoms with Crippen molar-refractivity contribution in [2.75, 3.05) is 19.6 Å². The molecule has 0 atom stereocenters. The van der Waals surface area contributed by atoms with Crippen molar-refractivity contribution >= 4 is 27.0 Å². The molecule has 1 aliphatic heterocycles. The van der Waals surface area contributed by atoms with Gasteiger partial charge in [-0.1, -0.05) is 5.92 Å². The van der Waals surface area contributed by atoms with Crippen LogP contribution in [0.5, 0.6) is 0 Å². The van der Waals surface area contributed by atoms with Crippen LogP contribution in [0.3, 0.4) is 0 Å². The standard InChI is InChI=1S/C17H19N3O5S/c1-2-8-18-16(21)7-11-20-14-6-5-13(12-15(14)25-17(20)22)26(23,24)19-9-3-4-10-19/h1,5-6,12H,3-4,7-11H2,(H,18,21). The van der Waals surface area contributed by atoms with Gasteiger partial charge in [0.15, 0.2) is 5.58 Å². The van der Waals surface area contributed by atoms with Gasteiger partial charge in [0.2, 0.25) is 15.9 Å². The fourth-order valence-corrected chi connectivity index (χ4v) is 4.48. The van der Waals surface area contributed by atoms with E-state index in [1.807, 2.05) is 0 Å². The van der Waals surface area contributed by atoms with Gasteiger partial charge >= 0.3 is 5.76 Å². The van der Waals surface area contributed by atoms with Crippen molar-refractivity contribution in [1.82, 2.24) is 14.2 Å². The molecule has 3 rings (SSSR count). The Bertz CT molecular complexity index is 1020. The van der Waals surface area contributed by atoms with Crippen LogP contribution >= 0.6 is 0 Å². The van der Waals surface area contributed by atoms with Crippen LogP contribution in [0.1, 0.15) is 19.3 Å². The van der Waals surface area contributed by atoms with E-state index >= 15 is 0 Å².